The second-order valence-electron chi connectivity index (χ2n) is 11.9. The number of aromatic nitrogens is 1. The van der Waals surface area contributed by atoms with Gasteiger partial charge in [-0.3, -0.25) is 19.6 Å². The number of hydrogen-bond donors (Lipinski definition) is 2. The summed E-state index contributed by atoms with van der Waals surface area (Å²) in [5, 5.41) is 16.1. The van der Waals surface area contributed by atoms with Gasteiger partial charge in [0.15, 0.2) is 10.8 Å². The van der Waals surface area contributed by atoms with Crippen molar-refractivity contribution in [2.75, 3.05) is 46.4 Å². The summed E-state index contributed by atoms with van der Waals surface area (Å²) in [6, 6.07) is 2.36. The van der Waals surface area contributed by atoms with Crippen LogP contribution in [0.3, 0.4) is 0 Å². The van der Waals surface area contributed by atoms with Gasteiger partial charge in [0.2, 0.25) is 0 Å². The summed E-state index contributed by atoms with van der Waals surface area (Å²) < 4.78 is 19.0. The Kier molecular flexibility index (Phi) is 8.83. The lowest BCUT2D eigenvalue weighted by molar-refractivity contribution is -0.146. The number of aliphatic imine (C=N–C) groups is 1. The minimum atomic E-state index is -1.17. The number of aliphatic carboxylic acids is 1. The number of carboxylic acid groups (broad SMARTS) is 1. The Morgan fingerprint density at radius 1 is 1.20 bits per heavy atom. The van der Waals surface area contributed by atoms with Crippen molar-refractivity contribution in [2.24, 2.45) is 4.99 Å². The van der Waals surface area contributed by atoms with E-state index in [0.717, 1.165) is 6.07 Å². The van der Waals surface area contributed by atoms with Crippen molar-refractivity contribution in [3.8, 4) is 0 Å². The zero-order valence-electron chi connectivity index (χ0n) is 25.2. The van der Waals surface area contributed by atoms with Gasteiger partial charge in [0.1, 0.15) is 17.9 Å². The largest absolute Gasteiger partial charge is 0.478 e. The number of nitrogens with one attached hydrogen (secondary N) is 1. The number of carboxylic acids is 1. The van der Waals surface area contributed by atoms with Crippen LogP contribution in [0.15, 0.2) is 46.0 Å². The van der Waals surface area contributed by atoms with E-state index in [1.807, 2.05) is 23.6 Å². The minimum absolute atomic E-state index is 0.0175. The molecule has 5 heterocycles. The van der Waals surface area contributed by atoms with Gasteiger partial charge in [0.25, 0.3) is 0 Å². The number of piperazine rings is 1. The number of thiazole rings is 1. The van der Waals surface area contributed by atoms with E-state index in [-0.39, 0.29) is 47.3 Å². The summed E-state index contributed by atoms with van der Waals surface area (Å²) in [6.45, 7) is 6.98. The molecule has 2 aromatic rings. The molecule has 15 heteroatoms. The highest BCUT2D eigenvalue weighted by molar-refractivity contribution is 7.11. The van der Waals surface area contributed by atoms with E-state index in [1.54, 1.807) is 11.6 Å². The van der Waals surface area contributed by atoms with Crippen LogP contribution in [0.2, 0.25) is 5.02 Å². The molecule has 12 nitrogen and oxygen atoms in total. The average molecular weight is 660 g/mol. The number of amides is 2. The lowest BCUT2D eigenvalue weighted by Crippen LogP contribution is -2.53. The zero-order chi connectivity index (χ0) is 32.0. The maximum atomic E-state index is 13.9. The highest BCUT2D eigenvalue weighted by Crippen LogP contribution is 2.37. The lowest BCUT2D eigenvalue weighted by Gasteiger charge is -2.38. The van der Waals surface area contributed by atoms with Crippen molar-refractivity contribution in [3.63, 3.8) is 0 Å². The molecule has 45 heavy (non-hydrogen) atoms. The van der Waals surface area contributed by atoms with E-state index in [2.05, 4.69) is 25.1 Å². The van der Waals surface area contributed by atoms with Gasteiger partial charge in [-0.1, -0.05) is 17.7 Å². The number of esters is 1. The zero-order valence-corrected chi connectivity index (χ0v) is 26.7. The fourth-order valence-electron chi connectivity index (χ4n) is 6.84. The maximum Gasteiger partial charge on any atom is 0.335 e. The van der Waals surface area contributed by atoms with Crippen LogP contribution in [0.4, 0.5) is 9.18 Å². The van der Waals surface area contributed by atoms with Gasteiger partial charge in [-0.25, -0.2) is 19.0 Å². The molecular formula is C30H35ClFN7O5S. The molecule has 0 bridgehead atoms. The molecule has 2 N–H and O–H groups in total. The quantitative estimate of drug-likeness (QED) is 0.411. The van der Waals surface area contributed by atoms with Crippen molar-refractivity contribution in [2.45, 2.75) is 50.5 Å². The number of rotatable bonds is 8. The molecule has 2 unspecified atom stereocenters. The molecule has 4 atom stereocenters. The fraction of sp³-hybridized carbons (Fsp3) is 0.500. The molecule has 0 spiro atoms. The van der Waals surface area contributed by atoms with Crippen LogP contribution in [0.25, 0.3) is 0 Å². The Bertz CT molecular complexity index is 1550. The number of likely N-dealkylation sites (tertiary alicyclic amines) is 1. The molecule has 0 saturated carbocycles. The van der Waals surface area contributed by atoms with Gasteiger partial charge < -0.3 is 25.0 Å². The number of ether oxygens (including phenoxy) is 1. The third-order valence-electron chi connectivity index (χ3n) is 8.99. The van der Waals surface area contributed by atoms with Crippen molar-refractivity contribution >= 4 is 46.7 Å². The third kappa shape index (κ3) is 6.03. The number of fused-ring (bicyclic) bond motifs is 1. The van der Waals surface area contributed by atoms with E-state index >= 15 is 0 Å². The highest BCUT2D eigenvalue weighted by Gasteiger charge is 2.48. The van der Waals surface area contributed by atoms with Gasteiger partial charge >= 0.3 is 18.0 Å². The van der Waals surface area contributed by atoms with Gasteiger partial charge in [0.05, 0.1) is 18.7 Å². The standard InChI is InChI=1S/C30H35ClFN7O5S/c1-16(2)38-13-18(11-23(38)29(42)44-3)39-14-19-12-36(7-8-37(19)30(39)43)15-22-24(28(40)41)25(20-5-4-17(32)10-21(20)31)35-26(34-22)27-33-6-9-45-27/h4-6,9-10,16,18-19,23,25H,7-8,11-15H2,1-3H3,(H,34,35)(H,40,41)/t18-,19?,23+,25?/m1/s1. The van der Waals surface area contributed by atoms with Gasteiger partial charge in [0, 0.05) is 79.2 Å². The Hall–Kier alpha value is -3.59. The number of carbonyl (C=O) groups excluding carboxylic acids is 2. The summed E-state index contributed by atoms with van der Waals surface area (Å²) in [7, 11) is 1.39. The number of methoxy groups -OCH3 is 1. The van der Waals surface area contributed by atoms with E-state index in [0.29, 0.717) is 61.2 Å². The second kappa shape index (κ2) is 12.7. The average Bonchev–Trinajstić information content (AvgIpc) is 3.76. The molecule has 3 saturated heterocycles. The summed E-state index contributed by atoms with van der Waals surface area (Å²) in [6.07, 6.45) is 2.16. The normalized spacial score (nSPS) is 25.9. The lowest BCUT2D eigenvalue weighted by atomic mass is 9.95. The summed E-state index contributed by atoms with van der Waals surface area (Å²) >= 11 is 7.77. The first-order chi connectivity index (χ1) is 21.5. The first-order valence-electron chi connectivity index (χ1n) is 14.8. The minimum Gasteiger partial charge on any atom is -0.478 e. The molecule has 3 fully saturated rings. The first-order valence-corrected chi connectivity index (χ1v) is 16.1. The molecule has 1 aromatic heterocycles. The number of carbonyl (C=O) groups is 3. The summed E-state index contributed by atoms with van der Waals surface area (Å²) in [4.78, 5) is 55.8. The highest BCUT2D eigenvalue weighted by atomic mass is 35.5. The Morgan fingerprint density at radius 2 is 2.00 bits per heavy atom. The molecule has 6 rings (SSSR count). The Morgan fingerprint density at radius 3 is 2.67 bits per heavy atom. The van der Waals surface area contributed by atoms with E-state index in [9.17, 15) is 23.9 Å². The van der Waals surface area contributed by atoms with E-state index in [4.69, 9.17) is 16.3 Å². The van der Waals surface area contributed by atoms with Crippen LogP contribution in [0.1, 0.15) is 36.9 Å². The monoisotopic (exact) mass is 659 g/mol. The number of halogens is 2. The van der Waals surface area contributed by atoms with Crippen molar-refractivity contribution < 1.29 is 28.6 Å². The van der Waals surface area contributed by atoms with Crippen molar-refractivity contribution in [1.82, 2.24) is 29.9 Å². The van der Waals surface area contributed by atoms with E-state index < -0.39 is 23.9 Å². The molecular weight excluding hydrogens is 625 g/mol. The molecule has 4 aliphatic rings. The second-order valence-corrected chi connectivity index (χ2v) is 13.2. The van der Waals surface area contributed by atoms with Crippen molar-refractivity contribution in [1.29, 1.82) is 0 Å². The van der Waals surface area contributed by atoms with Crippen LogP contribution >= 0.6 is 22.9 Å². The Balaban J connectivity index is 1.23. The smallest absolute Gasteiger partial charge is 0.335 e. The molecule has 0 radical (unpaired) electrons. The number of amidine groups is 1. The molecule has 0 aliphatic carbocycles. The molecule has 240 valence electrons. The van der Waals surface area contributed by atoms with Gasteiger partial charge in [-0.05, 0) is 32.4 Å². The number of benzene rings is 1. The number of nitrogens with zero attached hydrogens (tertiary/aromatic N) is 6. The van der Waals surface area contributed by atoms with Crippen LogP contribution < -0.4 is 5.32 Å². The summed E-state index contributed by atoms with van der Waals surface area (Å²) in [5.41, 5.74) is 0.832. The first kappa shape index (κ1) is 31.4. The van der Waals surface area contributed by atoms with Gasteiger partial charge in [-0.15, -0.1) is 11.3 Å². The third-order valence-corrected chi connectivity index (χ3v) is 10.1. The maximum absolute atomic E-state index is 13.9. The topological polar surface area (TPSA) is 131 Å². The Labute approximate surface area is 269 Å². The van der Waals surface area contributed by atoms with Crippen LogP contribution in [-0.4, -0.2) is 124 Å². The van der Waals surface area contributed by atoms with Crippen LogP contribution in [-0.2, 0) is 14.3 Å². The molecule has 4 aliphatic heterocycles. The fourth-order valence-corrected chi connectivity index (χ4v) is 7.70. The van der Waals surface area contributed by atoms with Crippen LogP contribution in [0, 0.1) is 5.82 Å². The van der Waals surface area contributed by atoms with Crippen LogP contribution in [0.5, 0.6) is 0 Å². The number of hydrogen-bond acceptors (Lipinski definition) is 10. The molecule has 1 aromatic carbocycles. The van der Waals surface area contributed by atoms with E-state index in [1.165, 1.54) is 30.6 Å². The van der Waals surface area contributed by atoms with Crippen molar-refractivity contribution in [3.05, 3.63) is 62.5 Å². The van der Waals surface area contributed by atoms with Gasteiger partial charge in [-0.2, -0.15) is 0 Å². The predicted molar refractivity (Wildman–Crippen MR) is 166 cm³/mol. The number of urea groups is 1. The summed E-state index contributed by atoms with van der Waals surface area (Å²) in [5.74, 6) is -1.57. The molecule has 2 amide bonds. The SMILES string of the molecule is COC(=O)[C@@H]1C[C@@H](N2CC3CN(CC4=C(C(=O)O)C(c5ccc(F)cc5Cl)N=C(c5nccs5)N4)CCN3C2=O)CN1C(C)C. The predicted octanol–water partition coefficient (Wildman–Crippen LogP) is 2.81.